The smallest absolute Gasteiger partial charge is 0.314 e. The third kappa shape index (κ3) is 5.58. The van der Waals surface area contributed by atoms with Crippen LogP contribution in [0.5, 0.6) is 5.75 Å². The molecule has 0 aromatic heterocycles. The monoisotopic (exact) mass is 369 g/mol. The lowest BCUT2D eigenvalue weighted by molar-refractivity contribution is -0.150. The highest BCUT2D eigenvalue weighted by Crippen LogP contribution is 2.28. The molecule has 0 unspecified atom stereocenters. The van der Waals surface area contributed by atoms with Crippen LogP contribution < -0.4 is 10.1 Å². The van der Waals surface area contributed by atoms with E-state index in [-0.39, 0.29) is 18.5 Å². The van der Waals surface area contributed by atoms with E-state index in [0.29, 0.717) is 11.4 Å². The van der Waals surface area contributed by atoms with Crippen molar-refractivity contribution in [1.29, 1.82) is 0 Å². The van der Waals surface area contributed by atoms with Crippen LogP contribution in [-0.2, 0) is 14.3 Å². The molecule has 144 valence electrons. The maximum atomic E-state index is 12.7. The van der Waals surface area contributed by atoms with Gasteiger partial charge in [-0.25, -0.2) is 0 Å². The number of methoxy groups -OCH3 is 1. The maximum Gasteiger partial charge on any atom is 0.314 e. The second-order valence-corrected chi connectivity index (χ2v) is 6.63. The SMILES string of the molecule is CC[C@H](C)[C@@H](C(=O)OCC(=O)Nc1cc(C)ccc1OC)c1ccccc1. The van der Waals surface area contributed by atoms with E-state index in [9.17, 15) is 9.59 Å². The molecule has 2 atom stereocenters. The predicted molar refractivity (Wildman–Crippen MR) is 106 cm³/mol. The van der Waals surface area contributed by atoms with Crippen molar-refractivity contribution in [2.45, 2.75) is 33.1 Å². The van der Waals surface area contributed by atoms with Crippen LogP contribution in [0.15, 0.2) is 48.5 Å². The molecule has 0 aliphatic heterocycles. The summed E-state index contributed by atoms with van der Waals surface area (Å²) in [7, 11) is 1.54. The lowest BCUT2D eigenvalue weighted by Crippen LogP contribution is -2.27. The van der Waals surface area contributed by atoms with Gasteiger partial charge in [-0.3, -0.25) is 9.59 Å². The van der Waals surface area contributed by atoms with Crippen LogP contribution in [0.1, 0.15) is 37.3 Å². The first-order valence-electron chi connectivity index (χ1n) is 9.12. The zero-order valence-corrected chi connectivity index (χ0v) is 16.3. The average molecular weight is 369 g/mol. The molecule has 2 aromatic carbocycles. The Kier molecular flexibility index (Phi) is 7.41. The van der Waals surface area contributed by atoms with E-state index in [0.717, 1.165) is 17.5 Å². The largest absolute Gasteiger partial charge is 0.495 e. The second kappa shape index (κ2) is 9.76. The highest BCUT2D eigenvalue weighted by molar-refractivity contribution is 5.94. The summed E-state index contributed by atoms with van der Waals surface area (Å²) in [6.07, 6.45) is 0.835. The molecule has 1 amide bonds. The van der Waals surface area contributed by atoms with E-state index in [1.807, 2.05) is 63.2 Å². The van der Waals surface area contributed by atoms with Gasteiger partial charge < -0.3 is 14.8 Å². The molecule has 0 heterocycles. The quantitative estimate of drug-likeness (QED) is 0.704. The minimum atomic E-state index is -0.400. The van der Waals surface area contributed by atoms with Crippen LogP contribution in [0.2, 0.25) is 0 Å². The van der Waals surface area contributed by atoms with E-state index in [2.05, 4.69) is 5.32 Å². The number of anilines is 1. The van der Waals surface area contributed by atoms with Crippen LogP contribution in [0.3, 0.4) is 0 Å². The summed E-state index contributed by atoms with van der Waals surface area (Å²) in [5, 5.41) is 2.74. The highest BCUT2D eigenvalue weighted by Gasteiger charge is 2.27. The number of ether oxygens (including phenoxy) is 2. The summed E-state index contributed by atoms with van der Waals surface area (Å²) in [5.74, 6) is -0.510. The van der Waals surface area contributed by atoms with Gasteiger partial charge in [-0.05, 0) is 36.1 Å². The Hall–Kier alpha value is -2.82. The van der Waals surface area contributed by atoms with E-state index >= 15 is 0 Å². The van der Waals surface area contributed by atoms with Gasteiger partial charge in [0.05, 0.1) is 18.7 Å². The van der Waals surface area contributed by atoms with Gasteiger partial charge >= 0.3 is 5.97 Å². The van der Waals surface area contributed by atoms with Crippen molar-refractivity contribution in [1.82, 2.24) is 0 Å². The fourth-order valence-electron chi connectivity index (χ4n) is 2.93. The fraction of sp³-hybridized carbons (Fsp3) is 0.364. The molecular weight excluding hydrogens is 342 g/mol. The number of rotatable bonds is 8. The van der Waals surface area contributed by atoms with Crippen molar-refractivity contribution >= 4 is 17.6 Å². The molecule has 0 fully saturated rings. The first-order valence-corrected chi connectivity index (χ1v) is 9.12. The van der Waals surface area contributed by atoms with E-state index in [1.165, 1.54) is 7.11 Å². The van der Waals surface area contributed by atoms with Gasteiger partial charge in [-0.15, -0.1) is 0 Å². The number of esters is 1. The van der Waals surface area contributed by atoms with Crippen molar-refractivity contribution in [2.75, 3.05) is 19.0 Å². The van der Waals surface area contributed by atoms with Gasteiger partial charge in [-0.1, -0.05) is 56.7 Å². The number of hydrogen-bond donors (Lipinski definition) is 1. The number of carbonyl (C=O) groups excluding carboxylic acids is 2. The van der Waals surface area contributed by atoms with Crippen LogP contribution in [-0.4, -0.2) is 25.6 Å². The third-order valence-corrected chi connectivity index (χ3v) is 4.60. The van der Waals surface area contributed by atoms with E-state index < -0.39 is 11.8 Å². The Morgan fingerprint density at radius 3 is 2.44 bits per heavy atom. The van der Waals surface area contributed by atoms with Crippen molar-refractivity contribution in [2.24, 2.45) is 5.92 Å². The standard InChI is InChI=1S/C22H27NO4/c1-5-16(3)21(17-9-7-6-8-10-17)22(25)27-14-20(24)23-18-13-15(2)11-12-19(18)26-4/h6-13,16,21H,5,14H2,1-4H3,(H,23,24)/t16-,21+/m0/s1. The van der Waals surface area contributed by atoms with E-state index in [4.69, 9.17) is 9.47 Å². The number of nitrogens with one attached hydrogen (secondary N) is 1. The van der Waals surface area contributed by atoms with Gasteiger partial charge in [-0.2, -0.15) is 0 Å². The Labute approximate surface area is 160 Å². The molecule has 0 aliphatic rings. The lowest BCUT2D eigenvalue weighted by Gasteiger charge is -2.21. The first-order chi connectivity index (χ1) is 13.0. The van der Waals surface area contributed by atoms with Gasteiger partial charge in [0.25, 0.3) is 5.91 Å². The minimum absolute atomic E-state index is 0.111. The molecule has 0 saturated carbocycles. The number of hydrogen-bond acceptors (Lipinski definition) is 4. The molecule has 5 nitrogen and oxygen atoms in total. The molecule has 5 heteroatoms. The van der Waals surface area contributed by atoms with Crippen molar-refractivity contribution in [3.05, 3.63) is 59.7 Å². The molecule has 0 spiro atoms. The number of benzene rings is 2. The Balaban J connectivity index is 2.02. The molecule has 1 N–H and O–H groups in total. The van der Waals surface area contributed by atoms with Crippen molar-refractivity contribution < 1.29 is 19.1 Å². The molecule has 2 rings (SSSR count). The number of aryl methyl sites for hydroxylation is 1. The van der Waals surface area contributed by atoms with Crippen LogP contribution in [0, 0.1) is 12.8 Å². The van der Waals surface area contributed by atoms with Crippen LogP contribution in [0.25, 0.3) is 0 Å². The average Bonchev–Trinajstić information content (AvgIpc) is 2.67. The molecule has 0 aliphatic carbocycles. The molecule has 27 heavy (non-hydrogen) atoms. The van der Waals surface area contributed by atoms with Gasteiger partial charge in [0, 0.05) is 0 Å². The zero-order valence-electron chi connectivity index (χ0n) is 16.3. The first kappa shape index (κ1) is 20.5. The summed E-state index contributed by atoms with van der Waals surface area (Å²) in [5.41, 5.74) is 2.45. The molecule has 0 radical (unpaired) electrons. The minimum Gasteiger partial charge on any atom is -0.495 e. The summed E-state index contributed by atoms with van der Waals surface area (Å²) >= 11 is 0. The number of carbonyl (C=O) groups is 2. The third-order valence-electron chi connectivity index (χ3n) is 4.60. The van der Waals surface area contributed by atoms with Gasteiger partial charge in [0.15, 0.2) is 6.61 Å². The van der Waals surface area contributed by atoms with Crippen molar-refractivity contribution in [3.63, 3.8) is 0 Å². The Morgan fingerprint density at radius 1 is 1.11 bits per heavy atom. The summed E-state index contributed by atoms with van der Waals surface area (Å²) in [4.78, 5) is 24.9. The lowest BCUT2D eigenvalue weighted by atomic mass is 9.86. The second-order valence-electron chi connectivity index (χ2n) is 6.63. The summed E-state index contributed by atoms with van der Waals surface area (Å²) in [6.45, 7) is 5.63. The maximum absolute atomic E-state index is 12.7. The van der Waals surface area contributed by atoms with Gasteiger partial charge in [0.1, 0.15) is 5.75 Å². The van der Waals surface area contributed by atoms with Crippen LogP contribution in [0.4, 0.5) is 5.69 Å². The normalized spacial score (nSPS) is 12.7. The predicted octanol–water partition coefficient (Wildman–Crippen LogP) is 4.32. The Morgan fingerprint density at radius 2 is 1.81 bits per heavy atom. The van der Waals surface area contributed by atoms with Crippen molar-refractivity contribution in [3.8, 4) is 5.75 Å². The summed E-state index contributed by atoms with van der Waals surface area (Å²) in [6, 6.07) is 15.0. The summed E-state index contributed by atoms with van der Waals surface area (Å²) < 4.78 is 10.6. The van der Waals surface area contributed by atoms with Gasteiger partial charge in [0.2, 0.25) is 0 Å². The van der Waals surface area contributed by atoms with Crippen LogP contribution >= 0.6 is 0 Å². The topological polar surface area (TPSA) is 64.6 Å². The Bertz CT molecular complexity index is 773. The van der Waals surface area contributed by atoms with E-state index in [1.54, 1.807) is 6.07 Å². The number of amides is 1. The molecule has 0 saturated heterocycles. The molecule has 2 aromatic rings. The highest BCUT2D eigenvalue weighted by atomic mass is 16.5. The fourth-order valence-corrected chi connectivity index (χ4v) is 2.93. The molecular formula is C22H27NO4. The zero-order chi connectivity index (χ0) is 19.8. The molecule has 0 bridgehead atoms.